The molecule has 0 amide bonds. The number of nitrogen functional groups attached to an aromatic ring is 1. The second kappa shape index (κ2) is 6.77. The lowest BCUT2D eigenvalue weighted by Crippen LogP contribution is -2.49. The molecule has 2 atom stereocenters. The van der Waals surface area contributed by atoms with E-state index in [1.165, 1.54) is 0 Å². The Kier molecular flexibility index (Phi) is 4.74. The summed E-state index contributed by atoms with van der Waals surface area (Å²) in [6, 6.07) is 1.81. The van der Waals surface area contributed by atoms with Gasteiger partial charge < -0.3 is 16.2 Å². The number of thiazole rings is 1. The monoisotopic (exact) mass is 334 g/mol. The molecule has 3 rings (SSSR count). The van der Waals surface area contributed by atoms with Crippen LogP contribution in [0.2, 0.25) is 0 Å². The SMILES string of the molecule is Cc1cc(N[C@@H]2CCN(Cc3csc(C)n3)C[C@H]2O)nc(N)n1. The topological polar surface area (TPSA) is 100 Å². The highest BCUT2D eigenvalue weighted by molar-refractivity contribution is 7.09. The Labute approximate surface area is 139 Å². The number of piperidine rings is 1. The standard InChI is InChI=1S/C15H22N6OS/c1-9-5-14(20-15(16)17-9)19-12-3-4-21(7-13(12)22)6-11-8-23-10(2)18-11/h5,8,12-13,22H,3-4,6-7H2,1-2H3,(H3,16,17,19,20)/t12-,13-/m1/s1. The van der Waals surface area contributed by atoms with Crippen LogP contribution in [0.15, 0.2) is 11.4 Å². The summed E-state index contributed by atoms with van der Waals surface area (Å²) in [5.41, 5.74) is 7.56. The third kappa shape index (κ3) is 4.15. The molecular weight excluding hydrogens is 312 g/mol. The molecule has 1 aliphatic rings. The van der Waals surface area contributed by atoms with Crippen molar-refractivity contribution in [3.8, 4) is 0 Å². The second-order valence-corrected chi connectivity index (χ2v) is 7.01. The first kappa shape index (κ1) is 16.1. The highest BCUT2D eigenvalue weighted by atomic mass is 32.1. The normalized spacial score (nSPS) is 22.2. The van der Waals surface area contributed by atoms with Crippen LogP contribution in [-0.2, 0) is 6.54 Å². The number of nitrogens with zero attached hydrogens (tertiary/aromatic N) is 4. The summed E-state index contributed by atoms with van der Waals surface area (Å²) < 4.78 is 0. The molecule has 0 radical (unpaired) electrons. The number of likely N-dealkylation sites (tertiary alicyclic amines) is 1. The summed E-state index contributed by atoms with van der Waals surface area (Å²) in [6.45, 7) is 6.19. The number of rotatable bonds is 4. The highest BCUT2D eigenvalue weighted by Gasteiger charge is 2.28. The maximum absolute atomic E-state index is 10.4. The van der Waals surface area contributed by atoms with Gasteiger partial charge in [0.05, 0.1) is 22.8 Å². The van der Waals surface area contributed by atoms with Crippen molar-refractivity contribution in [3.63, 3.8) is 0 Å². The van der Waals surface area contributed by atoms with E-state index >= 15 is 0 Å². The fraction of sp³-hybridized carbons (Fsp3) is 0.533. The third-order valence-electron chi connectivity index (χ3n) is 3.92. The van der Waals surface area contributed by atoms with Gasteiger partial charge in [-0.1, -0.05) is 0 Å². The molecule has 8 heteroatoms. The number of hydrogen-bond acceptors (Lipinski definition) is 8. The van der Waals surface area contributed by atoms with Gasteiger partial charge in [-0.2, -0.15) is 4.98 Å². The van der Waals surface area contributed by atoms with E-state index in [2.05, 4.69) is 30.5 Å². The summed E-state index contributed by atoms with van der Waals surface area (Å²) in [7, 11) is 0. The minimum Gasteiger partial charge on any atom is -0.390 e. The van der Waals surface area contributed by atoms with Gasteiger partial charge in [-0.25, -0.2) is 9.97 Å². The van der Waals surface area contributed by atoms with Crippen molar-refractivity contribution in [2.75, 3.05) is 24.1 Å². The fourth-order valence-electron chi connectivity index (χ4n) is 2.87. The first-order valence-corrected chi connectivity index (χ1v) is 8.56. The Bertz CT molecular complexity index is 655. The average molecular weight is 334 g/mol. The Morgan fingerprint density at radius 3 is 2.87 bits per heavy atom. The first-order valence-electron chi connectivity index (χ1n) is 7.69. The minimum absolute atomic E-state index is 0.0304. The Hall–Kier alpha value is -1.77. The molecule has 3 heterocycles. The van der Waals surface area contributed by atoms with E-state index in [1.807, 2.05) is 19.9 Å². The van der Waals surface area contributed by atoms with Crippen molar-refractivity contribution in [1.82, 2.24) is 19.9 Å². The van der Waals surface area contributed by atoms with E-state index in [0.717, 1.165) is 35.9 Å². The number of nitrogens with one attached hydrogen (secondary N) is 1. The van der Waals surface area contributed by atoms with Gasteiger partial charge in [0.2, 0.25) is 5.95 Å². The maximum Gasteiger partial charge on any atom is 0.222 e. The molecule has 0 bridgehead atoms. The van der Waals surface area contributed by atoms with Crippen LogP contribution in [0.3, 0.4) is 0 Å². The van der Waals surface area contributed by atoms with Crippen molar-refractivity contribution < 1.29 is 5.11 Å². The number of aromatic nitrogens is 3. The van der Waals surface area contributed by atoms with Crippen molar-refractivity contribution in [1.29, 1.82) is 0 Å². The van der Waals surface area contributed by atoms with Crippen LogP contribution in [0.5, 0.6) is 0 Å². The fourth-order valence-corrected chi connectivity index (χ4v) is 3.48. The van der Waals surface area contributed by atoms with Crippen molar-refractivity contribution in [3.05, 3.63) is 27.8 Å². The minimum atomic E-state index is -0.458. The van der Waals surface area contributed by atoms with Crippen molar-refractivity contribution in [2.45, 2.75) is 39.0 Å². The molecule has 0 aliphatic carbocycles. The van der Waals surface area contributed by atoms with E-state index in [0.29, 0.717) is 12.4 Å². The summed E-state index contributed by atoms with van der Waals surface area (Å²) in [5, 5.41) is 16.9. The van der Waals surface area contributed by atoms with Gasteiger partial charge in [0, 0.05) is 36.8 Å². The van der Waals surface area contributed by atoms with E-state index in [1.54, 1.807) is 11.3 Å². The molecule has 2 aromatic heterocycles. The Balaban J connectivity index is 1.58. The van der Waals surface area contributed by atoms with E-state index < -0.39 is 6.10 Å². The number of aliphatic hydroxyl groups excluding tert-OH is 1. The molecule has 1 saturated heterocycles. The zero-order chi connectivity index (χ0) is 16.4. The lowest BCUT2D eigenvalue weighted by Gasteiger charge is -2.36. The number of anilines is 2. The van der Waals surface area contributed by atoms with Crippen LogP contribution in [0.1, 0.15) is 22.8 Å². The summed E-state index contributed by atoms with van der Waals surface area (Å²) >= 11 is 1.66. The summed E-state index contributed by atoms with van der Waals surface area (Å²) in [4.78, 5) is 14.9. The first-order chi connectivity index (χ1) is 11.0. The van der Waals surface area contributed by atoms with Crippen molar-refractivity contribution >= 4 is 23.1 Å². The summed E-state index contributed by atoms with van der Waals surface area (Å²) in [5.74, 6) is 0.918. The van der Waals surface area contributed by atoms with Gasteiger partial charge in [0.25, 0.3) is 0 Å². The van der Waals surface area contributed by atoms with Gasteiger partial charge >= 0.3 is 0 Å². The lowest BCUT2D eigenvalue weighted by atomic mass is 10.0. The molecule has 1 aliphatic heterocycles. The third-order valence-corrected chi connectivity index (χ3v) is 4.75. The molecule has 0 aromatic carbocycles. The molecule has 124 valence electrons. The molecular formula is C15H22N6OS. The molecule has 1 fully saturated rings. The zero-order valence-corrected chi connectivity index (χ0v) is 14.2. The number of aryl methyl sites for hydroxylation is 2. The number of β-amino-alcohol motifs (C(OH)–C–C–N with tert-alkyl or cyclic N) is 1. The summed E-state index contributed by atoms with van der Waals surface area (Å²) in [6.07, 6.45) is 0.382. The molecule has 2 aromatic rings. The predicted octanol–water partition coefficient (Wildman–Crippen LogP) is 1.18. The number of aliphatic hydroxyl groups is 1. The molecule has 23 heavy (non-hydrogen) atoms. The smallest absolute Gasteiger partial charge is 0.222 e. The van der Waals surface area contributed by atoms with Gasteiger partial charge in [0.15, 0.2) is 0 Å². The largest absolute Gasteiger partial charge is 0.390 e. The van der Waals surface area contributed by atoms with Gasteiger partial charge in [-0.15, -0.1) is 11.3 Å². The Morgan fingerprint density at radius 2 is 2.22 bits per heavy atom. The zero-order valence-electron chi connectivity index (χ0n) is 13.4. The van der Waals surface area contributed by atoms with E-state index in [9.17, 15) is 5.11 Å². The predicted molar refractivity (Wildman–Crippen MR) is 91.3 cm³/mol. The Morgan fingerprint density at radius 1 is 1.39 bits per heavy atom. The van der Waals surface area contributed by atoms with Crippen LogP contribution in [0.25, 0.3) is 0 Å². The van der Waals surface area contributed by atoms with E-state index in [4.69, 9.17) is 5.73 Å². The maximum atomic E-state index is 10.4. The second-order valence-electron chi connectivity index (χ2n) is 5.95. The lowest BCUT2D eigenvalue weighted by molar-refractivity contribution is 0.0555. The number of hydrogen-bond donors (Lipinski definition) is 3. The van der Waals surface area contributed by atoms with Crippen LogP contribution in [0.4, 0.5) is 11.8 Å². The molecule has 0 spiro atoms. The molecule has 0 unspecified atom stereocenters. The average Bonchev–Trinajstić information content (AvgIpc) is 2.86. The van der Waals surface area contributed by atoms with Crippen molar-refractivity contribution in [2.24, 2.45) is 0 Å². The van der Waals surface area contributed by atoms with Gasteiger partial charge in [-0.05, 0) is 20.3 Å². The van der Waals surface area contributed by atoms with Crippen LogP contribution in [0, 0.1) is 13.8 Å². The van der Waals surface area contributed by atoms with Gasteiger partial charge in [0.1, 0.15) is 5.82 Å². The van der Waals surface area contributed by atoms with Crippen LogP contribution < -0.4 is 11.1 Å². The van der Waals surface area contributed by atoms with Gasteiger partial charge in [-0.3, -0.25) is 4.90 Å². The number of nitrogens with two attached hydrogens (primary N) is 1. The molecule has 7 nitrogen and oxygen atoms in total. The van der Waals surface area contributed by atoms with E-state index in [-0.39, 0.29) is 12.0 Å². The molecule has 4 N–H and O–H groups in total. The highest BCUT2D eigenvalue weighted by Crippen LogP contribution is 2.19. The van der Waals surface area contributed by atoms with Crippen LogP contribution in [-0.4, -0.2) is 50.2 Å². The quantitative estimate of drug-likeness (QED) is 0.772. The molecule has 0 saturated carbocycles. The van der Waals surface area contributed by atoms with Crippen LogP contribution >= 0.6 is 11.3 Å².